The van der Waals surface area contributed by atoms with Crippen LogP contribution in [0.4, 0.5) is 17.8 Å². The lowest BCUT2D eigenvalue weighted by molar-refractivity contribution is 0.226. The largest absolute Gasteiger partial charge is 0.368 e. The summed E-state index contributed by atoms with van der Waals surface area (Å²) in [5, 5.41) is 3.28. The highest BCUT2D eigenvalue weighted by molar-refractivity contribution is 5.40. The van der Waals surface area contributed by atoms with Gasteiger partial charge in [-0.1, -0.05) is 0 Å². The molecule has 1 aromatic heterocycles. The van der Waals surface area contributed by atoms with Crippen molar-refractivity contribution in [1.82, 2.24) is 19.9 Å². The quantitative estimate of drug-likeness (QED) is 0.808. The topological polar surface area (TPSA) is 83.2 Å². The minimum absolute atomic E-state index is 0.254. The van der Waals surface area contributed by atoms with Crippen molar-refractivity contribution in [1.29, 1.82) is 0 Å². The maximum absolute atomic E-state index is 5.69. The fourth-order valence-electron chi connectivity index (χ4n) is 2.16. The molecular formula is C12H23N7. The highest BCUT2D eigenvalue weighted by atomic mass is 15.3. The lowest BCUT2D eigenvalue weighted by Gasteiger charge is -2.28. The van der Waals surface area contributed by atoms with Gasteiger partial charge in [0.25, 0.3) is 0 Å². The van der Waals surface area contributed by atoms with Crippen LogP contribution in [-0.4, -0.2) is 60.6 Å². The van der Waals surface area contributed by atoms with Gasteiger partial charge in [-0.25, -0.2) is 0 Å². The van der Waals surface area contributed by atoms with Gasteiger partial charge < -0.3 is 20.9 Å². The van der Waals surface area contributed by atoms with Crippen LogP contribution in [-0.2, 0) is 0 Å². The van der Waals surface area contributed by atoms with Gasteiger partial charge >= 0.3 is 0 Å². The number of anilines is 3. The summed E-state index contributed by atoms with van der Waals surface area (Å²) < 4.78 is 0. The number of nitrogens with two attached hydrogens (primary N) is 1. The third kappa shape index (κ3) is 3.92. The van der Waals surface area contributed by atoms with Gasteiger partial charge in [-0.05, 0) is 38.9 Å². The third-order valence-electron chi connectivity index (χ3n) is 3.43. The number of likely N-dealkylation sites (tertiary alicyclic amines) is 1. The van der Waals surface area contributed by atoms with Crippen molar-refractivity contribution in [3.8, 4) is 0 Å². The van der Waals surface area contributed by atoms with E-state index in [1.165, 1.54) is 12.8 Å². The number of piperidine rings is 1. The molecule has 106 valence electrons. The van der Waals surface area contributed by atoms with Crippen LogP contribution < -0.4 is 16.0 Å². The first-order valence-corrected chi connectivity index (χ1v) is 6.66. The molecule has 1 aliphatic heterocycles. The second kappa shape index (κ2) is 6.01. The average molecular weight is 265 g/mol. The fraction of sp³-hybridized carbons (Fsp3) is 0.750. The number of nitrogen functional groups attached to an aromatic ring is 1. The summed E-state index contributed by atoms with van der Waals surface area (Å²) in [4.78, 5) is 16.7. The van der Waals surface area contributed by atoms with E-state index in [9.17, 15) is 0 Å². The van der Waals surface area contributed by atoms with Crippen LogP contribution in [0, 0.1) is 5.92 Å². The Labute approximate surface area is 114 Å². The van der Waals surface area contributed by atoms with Crippen LogP contribution in [0.25, 0.3) is 0 Å². The fourth-order valence-corrected chi connectivity index (χ4v) is 2.16. The molecule has 0 bridgehead atoms. The Morgan fingerprint density at radius 2 is 1.95 bits per heavy atom. The van der Waals surface area contributed by atoms with E-state index in [0.29, 0.717) is 17.8 Å². The van der Waals surface area contributed by atoms with Gasteiger partial charge in [-0.2, -0.15) is 15.0 Å². The van der Waals surface area contributed by atoms with Crippen molar-refractivity contribution < 1.29 is 0 Å². The minimum Gasteiger partial charge on any atom is -0.368 e. The molecule has 19 heavy (non-hydrogen) atoms. The molecule has 0 aromatic carbocycles. The monoisotopic (exact) mass is 265 g/mol. The molecule has 1 aliphatic rings. The van der Waals surface area contributed by atoms with Crippen molar-refractivity contribution in [3.63, 3.8) is 0 Å². The van der Waals surface area contributed by atoms with E-state index in [1.807, 2.05) is 19.0 Å². The van der Waals surface area contributed by atoms with E-state index >= 15 is 0 Å². The minimum atomic E-state index is 0.254. The zero-order chi connectivity index (χ0) is 13.8. The normalized spacial score (nSPS) is 17.4. The zero-order valence-electron chi connectivity index (χ0n) is 11.9. The number of nitrogens with zero attached hydrogens (tertiary/aromatic N) is 5. The van der Waals surface area contributed by atoms with Crippen molar-refractivity contribution in [2.24, 2.45) is 5.92 Å². The van der Waals surface area contributed by atoms with Crippen LogP contribution in [0.15, 0.2) is 0 Å². The maximum Gasteiger partial charge on any atom is 0.231 e. The second-order valence-electron chi connectivity index (χ2n) is 5.34. The summed E-state index contributed by atoms with van der Waals surface area (Å²) in [6.45, 7) is 3.22. The van der Waals surface area contributed by atoms with E-state index in [1.54, 1.807) is 0 Å². The van der Waals surface area contributed by atoms with Gasteiger partial charge in [0.1, 0.15) is 0 Å². The first-order chi connectivity index (χ1) is 9.04. The standard InChI is InChI=1S/C12H23N7/c1-18(2)12-16-10(13)15-11(17-12)14-8-9-4-6-19(3)7-5-9/h9H,4-8H2,1-3H3,(H3,13,14,15,16,17). The first-order valence-electron chi connectivity index (χ1n) is 6.66. The van der Waals surface area contributed by atoms with Crippen LogP contribution in [0.1, 0.15) is 12.8 Å². The van der Waals surface area contributed by atoms with Crippen LogP contribution >= 0.6 is 0 Å². The Morgan fingerprint density at radius 3 is 2.58 bits per heavy atom. The highest BCUT2D eigenvalue weighted by Gasteiger charge is 2.17. The number of hydrogen-bond acceptors (Lipinski definition) is 7. The molecule has 0 aliphatic carbocycles. The summed E-state index contributed by atoms with van der Waals surface area (Å²) in [7, 11) is 5.94. The molecule has 0 atom stereocenters. The third-order valence-corrected chi connectivity index (χ3v) is 3.43. The number of rotatable bonds is 4. The lowest BCUT2D eigenvalue weighted by atomic mass is 9.97. The molecule has 0 amide bonds. The van der Waals surface area contributed by atoms with Crippen molar-refractivity contribution >= 4 is 17.8 Å². The molecule has 1 aromatic rings. The average Bonchev–Trinajstić information content (AvgIpc) is 2.37. The summed E-state index contributed by atoms with van der Waals surface area (Å²) in [5.41, 5.74) is 5.69. The predicted molar refractivity (Wildman–Crippen MR) is 77.3 cm³/mol. The van der Waals surface area contributed by atoms with Crippen molar-refractivity contribution in [2.75, 3.05) is 56.7 Å². The highest BCUT2D eigenvalue weighted by Crippen LogP contribution is 2.17. The number of nitrogens with one attached hydrogen (secondary N) is 1. The number of aromatic nitrogens is 3. The molecule has 0 saturated carbocycles. The number of hydrogen-bond donors (Lipinski definition) is 2. The molecule has 7 nitrogen and oxygen atoms in total. The van der Waals surface area contributed by atoms with E-state index < -0.39 is 0 Å². The maximum atomic E-state index is 5.69. The Bertz CT molecular complexity index is 413. The zero-order valence-corrected chi connectivity index (χ0v) is 11.9. The molecule has 7 heteroatoms. The molecule has 1 fully saturated rings. The molecular weight excluding hydrogens is 242 g/mol. The Kier molecular flexibility index (Phi) is 4.36. The van der Waals surface area contributed by atoms with Gasteiger partial charge in [0, 0.05) is 20.6 Å². The molecule has 1 saturated heterocycles. The van der Waals surface area contributed by atoms with Crippen molar-refractivity contribution in [3.05, 3.63) is 0 Å². The van der Waals surface area contributed by atoms with Crippen LogP contribution in [0.5, 0.6) is 0 Å². The van der Waals surface area contributed by atoms with E-state index in [4.69, 9.17) is 5.73 Å². The molecule has 3 N–H and O–H groups in total. The predicted octanol–water partition coefficient (Wildman–Crippen LogP) is 0.274. The SMILES string of the molecule is CN1CCC(CNc2nc(N)nc(N(C)C)n2)CC1. The van der Waals surface area contributed by atoms with Gasteiger partial charge in [-0.15, -0.1) is 0 Å². The summed E-state index contributed by atoms with van der Waals surface area (Å²) in [6.07, 6.45) is 2.43. The van der Waals surface area contributed by atoms with Crippen LogP contribution in [0.2, 0.25) is 0 Å². The Morgan fingerprint density at radius 1 is 1.26 bits per heavy atom. The molecule has 0 spiro atoms. The van der Waals surface area contributed by atoms with Crippen molar-refractivity contribution in [2.45, 2.75) is 12.8 Å². The van der Waals surface area contributed by atoms with Gasteiger partial charge in [0.2, 0.25) is 17.8 Å². The van der Waals surface area contributed by atoms with Crippen LogP contribution in [0.3, 0.4) is 0 Å². The first kappa shape index (κ1) is 13.8. The Balaban J connectivity index is 1.92. The smallest absolute Gasteiger partial charge is 0.231 e. The molecule has 2 rings (SSSR count). The second-order valence-corrected chi connectivity index (χ2v) is 5.34. The van der Waals surface area contributed by atoms with E-state index in [-0.39, 0.29) is 5.95 Å². The lowest BCUT2D eigenvalue weighted by Crippen LogP contribution is -2.33. The molecule has 0 radical (unpaired) electrons. The summed E-state index contributed by atoms with van der Waals surface area (Å²) in [6, 6.07) is 0. The Hall–Kier alpha value is -1.63. The summed E-state index contributed by atoms with van der Waals surface area (Å²) >= 11 is 0. The van der Waals surface area contributed by atoms with Gasteiger partial charge in [0.05, 0.1) is 0 Å². The summed E-state index contributed by atoms with van der Waals surface area (Å²) in [5.74, 6) is 2.08. The molecule has 2 heterocycles. The van der Waals surface area contributed by atoms with E-state index in [2.05, 4.69) is 32.2 Å². The molecule has 0 unspecified atom stereocenters. The van der Waals surface area contributed by atoms with Gasteiger partial charge in [-0.3, -0.25) is 0 Å². The van der Waals surface area contributed by atoms with Gasteiger partial charge in [0.15, 0.2) is 0 Å². The van der Waals surface area contributed by atoms with E-state index in [0.717, 1.165) is 19.6 Å².